The Balaban J connectivity index is 0.000000169. The summed E-state index contributed by atoms with van der Waals surface area (Å²) in [5.41, 5.74) is 0.839. The van der Waals surface area contributed by atoms with E-state index < -0.39 is 15.8 Å². The van der Waals surface area contributed by atoms with Gasteiger partial charge < -0.3 is 13.9 Å². The highest BCUT2D eigenvalue weighted by Gasteiger charge is 2.17. The van der Waals surface area contributed by atoms with Crippen molar-refractivity contribution in [1.29, 1.82) is 0 Å². The van der Waals surface area contributed by atoms with E-state index in [0.29, 0.717) is 19.9 Å². The van der Waals surface area contributed by atoms with Crippen molar-refractivity contribution in [3.63, 3.8) is 0 Å². The first kappa shape index (κ1) is 20.5. The van der Waals surface area contributed by atoms with Crippen LogP contribution in [-0.4, -0.2) is 20.9 Å². The Kier molecular flexibility index (Phi) is 5.66. The van der Waals surface area contributed by atoms with Crippen molar-refractivity contribution in [2.75, 3.05) is 0 Å². The predicted octanol–water partition coefficient (Wildman–Crippen LogP) is 5.91. The van der Waals surface area contributed by atoms with Crippen molar-refractivity contribution in [1.82, 2.24) is 0 Å². The van der Waals surface area contributed by atoms with Crippen LogP contribution in [0.3, 0.4) is 0 Å². The van der Waals surface area contributed by atoms with Gasteiger partial charge in [-0.1, -0.05) is 0 Å². The summed E-state index contributed by atoms with van der Waals surface area (Å²) in [5, 5.41) is 30.9. The van der Waals surface area contributed by atoms with Crippen LogP contribution in [0.4, 0.5) is 11.4 Å². The normalized spacial score (nSPS) is 10.6. The van der Waals surface area contributed by atoms with Gasteiger partial charge >= 0.3 is 5.97 Å². The summed E-state index contributed by atoms with van der Waals surface area (Å²) in [7, 11) is 0. The van der Waals surface area contributed by atoms with E-state index in [0.717, 1.165) is 5.39 Å². The van der Waals surface area contributed by atoms with E-state index in [1.54, 1.807) is 6.07 Å². The monoisotopic (exact) mass is 526 g/mol. The number of nitrogens with zero attached hydrogens (tertiary/aromatic N) is 2. The molecule has 29 heavy (non-hydrogen) atoms. The summed E-state index contributed by atoms with van der Waals surface area (Å²) >= 11 is 6.28. The first-order chi connectivity index (χ1) is 13.7. The number of rotatable bonds is 3. The number of benzene rings is 2. The van der Waals surface area contributed by atoms with E-state index >= 15 is 0 Å². The van der Waals surface area contributed by atoms with E-state index in [1.807, 2.05) is 0 Å². The number of furan rings is 2. The van der Waals surface area contributed by atoms with Crippen LogP contribution in [0.15, 0.2) is 60.4 Å². The maximum absolute atomic E-state index is 10.7. The van der Waals surface area contributed by atoms with Crippen LogP contribution in [0.5, 0.6) is 0 Å². The number of nitro benzene ring substituents is 2. The molecule has 0 saturated carbocycles. The van der Waals surface area contributed by atoms with E-state index in [2.05, 4.69) is 31.9 Å². The van der Waals surface area contributed by atoms with Crippen LogP contribution < -0.4 is 0 Å². The van der Waals surface area contributed by atoms with Gasteiger partial charge in [0.05, 0.1) is 25.1 Å². The Hall–Kier alpha value is -3.25. The molecule has 0 amide bonds. The average Bonchev–Trinajstić information content (AvgIpc) is 3.29. The van der Waals surface area contributed by atoms with Gasteiger partial charge in [0.15, 0.2) is 0 Å². The maximum Gasteiger partial charge on any atom is 0.371 e. The highest BCUT2D eigenvalue weighted by atomic mass is 79.9. The molecule has 2 heterocycles. The summed E-state index contributed by atoms with van der Waals surface area (Å²) in [4.78, 5) is 30.7. The third-order valence-corrected chi connectivity index (χ3v) is 4.86. The number of hydrogen-bond donors (Lipinski definition) is 1. The van der Waals surface area contributed by atoms with Crippen LogP contribution >= 0.6 is 31.9 Å². The van der Waals surface area contributed by atoms with Gasteiger partial charge in [0, 0.05) is 35.0 Å². The molecule has 4 aromatic rings. The number of nitro groups is 2. The highest BCUT2D eigenvalue weighted by Crippen LogP contribution is 2.32. The number of carbonyl (C=O) groups is 1. The van der Waals surface area contributed by atoms with Gasteiger partial charge in [-0.25, -0.2) is 4.79 Å². The summed E-state index contributed by atoms with van der Waals surface area (Å²) < 4.78 is 11.1. The second-order valence-electron chi connectivity index (χ2n) is 5.54. The molecule has 0 atom stereocenters. The zero-order valence-electron chi connectivity index (χ0n) is 14.0. The molecule has 0 unspecified atom stereocenters. The molecule has 0 bridgehead atoms. The van der Waals surface area contributed by atoms with Crippen molar-refractivity contribution >= 4 is 71.1 Å². The second-order valence-corrected chi connectivity index (χ2v) is 7.25. The summed E-state index contributed by atoms with van der Waals surface area (Å²) in [6.45, 7) is 0. The van der Waals surface area contributed by atoms with E-state index in [9.17, 15) is 25.0 Å². The van der Waals surface area contributed by atoms with Crippen molar-refractivity contribution in [3.05, 3.63) is 77.6 Å². The van der Waals surface area contributed by atoms with E-state index in [1.165, 1.54) is 36.6 Å². The zero-order valence-corrected chi connectivity index (χ0v) is 17.2. The van der Waals surface area contributed by atoms with E-state index in [-0.39, 0.29) is 22.7 Å². The zero-order chi connectivity index (χ0) is 21.3. The third kappa shape index (κ3) is 4.27. The lowest BCUT2D eigenvalue weighted by atomic mass is 10.2. The Morgan fingerprint density at radius 2 is 1.45 bits per heavy atom. The molecule has 0 fully saturated rings. The summed E-state index contributed by atoms with van der Waals surface area (Å²) in [6.07, 6.45) is 1.50. The molecule has 0 aliphatic heterocycles. The highest BCUT2D eigenvalue weighted by molar-refractivity contribution is 9.11. The minimum Gasteiger partial charge on any atom is -0.475 e. The van der Waals surface area contributed by atoms with Gasteiger partial charge in [-0.3, -0.25) is 20.2 Å². The number of carboxylic acid groups (broad SMARTS) is 1. The molecule has 0 aliphatic carbocycles. The predicted molar refractivity (Wildman–Crippen MR) is 108 cm³/mol. The van der Waals surface area contributed by atoms with Crippen LogP contribution in [0, 0.1) is 20.2 Å². The number of aromatic carboxylic acids is 1. The van der Waals surface area contributed by atoms with Gasteiger partial charge in [-0.05, 0) is 44.0 Å². The lowest BCUT2D eigenvalue weighted by molar-refractivity contribution is -0.384. The first-order valence-corrected chi connectivity index (χ1v) is 9.18. The van der Waals surface area contributed by atoms with Crippen molar-refractivity contribution < 1.29 is 28.6 Å². The average molecular weight is 528 g/mol. The molecule has 0 aliphatic rings. The summed E-state index contributed by atoms with van der Waals surface area (Å²) in [6, 6.07) is 8.35. The molecule has 1 N–H and O–H groups in total. The largest absolute Gasteiger partial charge is 0.475 e. The fraction of sp³-hybridized carbons (Fsp3) is 0. The molecule has 2 aromatic carbocycles. The Labute approximate surface area is 177 Å². The Morgan fingerprint density at radius 1 is 0.897 bits per heavy atom. The summed E-state index contributed by atoms with van der Waals surface area (Å²) in [5.74, 6) is -1.47. The molecule has 0 radical (unpaired) electrons. The van der Waals surface area contributed by atoms with Crippen LogP contribution in [0.1, 0.15) is 10.6 Å². The van der Waals surface area contributed by atoms with Gasteiger partial charge in [-0.15, -0.1) is 0 Å². The standard InChI is InChI=1S/C9H4BrNO5.C8H4BrNO3/c10-6-3-5(11(14)15)1-4-2-7(9(12)13)16-8(4)6;9-7-4-6(10(11)12)3-5-1-2-13-8(5)7/h1-3H,(H,12,13);1-4H. The minimum atomic E-state index is -1.22. The maximum atomic E-state index is 10.7. The van der Waals surface area contributed by atoms with Crippen molar-refractivity contribution in [2.24, 2.45) is 0 Å². The number of hydrogen-bond acceptors (Lipinski definition) is 7. The molecular formula is C17H8Br2N2O8. The smallest absolute Gasteiger partial charge is 0.371 e. The van der Waals surface area contributed by atoms with Gasteiger partial charge in [0.1, 0.15) is 11.2 Å². The quantitative estimate of drug-likeness (QED) is 0.255. The lowest BCUT2D eigenvalue weighted by Crippen LogP contribution is -1.91. The third-order valence-electron chi connectivity index (χ3n) is 3.68. The van der Waals surface area contributed by atoms with Gasteiger partial charge in [-0.2, -0.15) is 0 Å². The van der Waals surface area contributed by atoms with Crippen molar-refractivity contribution in [3.8, 4) is 0 Å². The van der Waals surface area contributed by atoms with Gasteiger partial charge in [0.2, 0.25) is 5.76 Å². The molecular weight excluding hydrogens is 520 g/mol. The molecule has 0 spiro atoms. The van der Waals surface area contributed by atoms with Crippen molar-refractivity contribution in [2.45, 2.75) is 0 Å². The van der Waals surface area contributed by atoms with E-state index in [4.69, 9.17) is 13.9 Å². The molecule has 4 rings (SSSR count). The van der Waals surface area contributed by atoms with Crippen LogP contribution in [0.25, 0.3) is 21.9 Å². The molecule has 12 heteroatoms. The Morgan fingerprint density at radius 3 is 2.00 bits per heavy atom. The second kappa shape index (κ2) is 8.01. The number of halogens is 2. The lowest BCUT2D eigenvalue weighted by Gasteiger charge is -1.93. The topological polar surface area (TPSA) is 150 Å². The van der Waals surface area contributed by atoms with Gasteiger partial charge in [0.25, 0.3) is 11.4 Å². The molecule has 2 aromatic heterocycles. The van der Waals surface area contributed by atoms with Crippen LogP contribution in [-0.2, 0) is 0 Å². The fourth-order valence-corrected chi connectivity index (χ4v) is 3.54. The number of fused-ring (bicyclic) bond motifs is 2. The Bertz CT molecular complexity index is 1280. The molecule has 148 valence electrons. The molecule has 0 saturated heterocycles. The van der Waals surface area contributed by atoms with Crippen LogP contribution in [0.2, 0.25) is 0 Å². The number of carboxylic acids is 1. The first-order valence-electron chi connectivity index (χ1n) is 7.59. The molecule has 10 nitrogen and oxygen atoms in total. The number of non-ortho nitro benzene ring substituents is 2. The fourth-order valence-electron chi connectivity index (χ4n) is 2.43. The minimum absolute atomic E-state index is 0.0563. The SMILES string of the molecule is O=C(O)c1cc2cc([N+](=O)[O-])cc(Br)c2o1.O=[N+]([O-])c1cc(Br)c2occc2c1.